The van der Waals surface area contributed by atoms with E-state index in [1.807, 2.05) is 0 Å². The number of nitrogens with one attached hydrogen (secondary N) is 1. The summed E-state index contributed by atoms with van der Waals surface area (Å²) in [4.78, 5) is 0. The Kier molecular flexibility index (Phi) is 3.90. The Morgan fingerprint density at radius 3 is 2.78 bits per heavy atom. The molecule has 1 saturated heterocycles. The van der Waals surface area contributed by atoms with Crippen molar-refractivity contribution in [2.75, 3.05) is 19.8 Å². The molecule has 4 rings (SSSR count). The molecule has 3 heteroatoms. The minimum Gasteiger partial charge on any atom is -0.379 e. The third kappa shape index (κ3) is 2.90. The molecule has 0 spiro atoms. The van der Waals surface area contributed by atoms with E-state index in [0.29, 0.717) is 6.04 Å². The quantitative estimate of drug-likeness (QED) is 0.803. The molecular formula is C20H22N2O. The molecule has 1 N–H and O–H groups in total. The first kappa shape index (κ1) is 14.5. The molecule has 0 unspecified atom stereocenters. The standard InChI is InChI=1S/C20H22N2O/c1-22-13-17(11-18-14-23-10-9-21-18)19-12-16(7-8-20(19)22)15-5-3-2-4-6-15/h2-8,12-13,18,21H,9-11,14H2,1H3/t18-/m0/s1. The van der Waals surface area contributed by atoms with Gasteiger partial charge in [0.25, 0.3) is 0 Å². The van der Waals surface area contributed by atoms with Crippen LogP contribution in [0.25, 0.3) is 22.0 Å². The first-order valence-corrected chi connectivity index (χ1v) is 8.26. The fourth-order valence-electron chi connectivity index (χ4n) is 3.46. The van der Waals surface area contributed by atoms with Gasteiger partial charge in [0.1, 0.15) is 0 Å². The lowest BCUT2D eigenvalue weighted by atomic mass is 10.00. The van der Waals surface area contributed by atoms with E-state index in [-0.39, 0.29) is 0 Å². The van der Waals surface area contributed by atoms with E-state index in [1.165, 1.54) is 27.6 Å². The van der Waals surface area contributed by atoms with Gasteiger partial charge in [0.05, 0.1) is 13.2 Å². The maximum absolute atomic E-state index is 5.60. The van der Waals surface area contributed by atoms with Crippen molar-refractivity contribution in [1.82, 2.24) is 9.88 Å². The number of hydrogen-bond donors (Lipinski definition) is 1. The van der Waals surface area contributed by atoms with E-state index in [2.05, 4.69) is 71.7 Å². The number of aryl methyl sites for hydroxylation is 1. The maximum atomic E-state index is 5.60. The van der Waals surface area contributed by atoms with E-state index in [1.54, 1.807) is 0 Å². The van der Waals surface area contributed by atoms with Gasteiger partial charge in [-0.3, -0.25) is 0 Å². The van der Waals surface area contributed by atoms with E-state index >= 15 is 0 Å². The highest BCUT2D eigenvalue weighted by molar-refractivity contribution is 5.88. The molecule has 23 heavy (non-hydrogen) atoms. The molecule has 1 atom stereocenters. The van der Waals surface area contributed by atoms with Gasteiger partial charge < -0.3 is 14.6 Å². The monoisotopic (exact) mass is 306 g/mol. The summed E-state index contributed by atoms with van der Waals surface area (Å²) in [5.41, 5.74) is 5.22. The van der Waals surface area contributed by atoms with E-state index < -0.39 is 0 Å². The zero-order valence-corrected chi connectivity index (χ0v) is 13.5. The smallest absolute Gasteiger partial charge is 0.0623 e. The molecule has 1 aromatic heterocycles. The molecule has 0 aliphatic carbocycles. The summed E-state index contributed by atoms with van der Waals surface area (Å²) < 4.78 is 7.82. The minimum atomic E-state index is 0.412. The highest BCUT2D eigenvalue weighted by Gasteiger charge is 2.16. The molecule has 3 nitrogen and oxygen atoms in total. The number of fused-ring (bicyclic) bond motifs is 1. The van der Waals surface area contributed by atoms with Crippen molar-refractivity contribution in [2.24, 2.45) is 7.05 Å². The zero-order chi connectivity index (χ0) is 15.6. The van der Waals surface area contributed by atoms with Gasteiger partial charge in [-0.25, -0.2) is 0 Å². The summed E-state index contributed by atoms with van der Waals surface area (Å²) in [6.07, 6.45) is 3.27. The predicted octanol–water partition coefficient (Wildman–Crippen LogP) is 3.38. The Hall–Kier alpha value is -2.10. The molecule has 1 aliphatic rings. The van der Waals surface area contributed by atoms with Gasteiger partial charge in [0.15, 0.2) is 0 Å². The number of nitrogens with zero attached hydrogens (tertiary/aromatic N) is 1. The second-order valence-corrected chi connectivity index (χ2v) is 6.29. The van der Waals surface area contributed by atoms with Crippen LogP contribution in [-0.4, -0.2) is 30.4 Å². The average Bonchev–Trinajstić information content (AvgIpc) is 2.92. The van der Waals surface area contributed by atoms with Crippen molar-refractivity contribution < 1.29 is 4.74 Å². The lowest BCUT2D eigenvalue weighted by Gasteiger charge is -2.23. The summed E-state index contributed by atoms with van der Waals surface area (Å²) in [5.74, 6) is 0. The van der Waals surface area contributed by atoms with Crippen LogP contribution < -0.4 is 5.32 Å². The Labute approximate surface area is 136 Å². The number of hydrogen-bond acceptors (Lipinski definition) is 2. The van der Waals surface area contributed by atoms with Crippen molar-refractivity contribution in [3.63, 3.8) is 0 Å². The topological polar surface area (TPSA) is 26.2 Å². The SMILES string of the molecule is Cn1cc(C[C@H]2COCCN2)c2cc(-c3ccccc3)ccc21. The van der Waals surface area contributed by atoms with Crippen LogP contribution in [0.3, 0.4) is 0 Å². The van der Waals surface area contributed by atoms with Gasteiger partial charge in [0.2, 0.25) is 0 Å². The van der Waals surface area contributed by atoms with E-state index in [0.717, 1.165) is 26.2 Å². The number of benzene rings is 2. The van der Waals surface area contributed by atoms with Gasteiger partial charge in [-0.2, -0.15) is 0 Å². The average molecular weight is 306 g/mol. The summed E-state index contributed by atoms with van der Waals surface area (Å²) >= 11 is 0. The number of morpholine rings is 1. The van der Waals surface area contributed by atoms with Crippen LogP contribution >= 0.6 is 0 Å². The van der Waals surface area contributed by atoms with Gasteiger partial charge in [-0.05, 0) is 35.2 Å². The van der Waals surface area contributed by atoms with Gasteiger partial charge in [-0.1, -0.05) is 36.4 Å². The second-order valence-electron chi connectivity index (χ2n) is 6.29. The minimum absolute atomic E-state index is 0.412. The molecule has 0 saturated carbocycles. The van der Waals surface area contributed by atoms with Crippen molar-refractivity contribution in [3.8, 4) is 11.1 Å². The summed E-state index contributed by atoms with van der Waals surface area (Å²) in [5, 5.41) is 4.90. The molecule has 0 amide bonds. The molecule has 1 fully saturated rings. The van der Waals surface area contributed by atoms with Crippen LogP contribution in [0.5, 0.6) is 0 Å². The molecular weight excluding hydrogens is 284 g/mol. The molecule has 0 radical (unpaired) electrons. The van der Waals surface area contributed by atoms with Crippen molar-refractivity contribution in [1.29, 1.82) is 0 Å². The van der Waals surface area contributed by atoms with Crippen LogP contribution in [0.1, 0.15) is 5.56 Å². The third-order valence-electron chi connectivity index (χ3n) is 4.64. The molecule has 1 aliphatic heterocycles. The second kappa shape index (κ2) is 6.19. The Morgan fingerprint density at radius 2 is 2.00 bits per heavy atom. The number of rotatable bonds is 3. The van der Waals surface area contributed by atoms with E-state index in [9.17, 15) is 0 Å². The van der Waals surface area contributed by atoms with Crippen LogP contribution in [0, 0.1) is 0 Å². The number of aromatic nitrogens is 1. The summed E-state index contributed by atoms with van der Waals surface area (Å²) in [6, 6.07) is 17.8. The van der Waals surface area contributed by atoms with Crippen molar-refractivity contribution >= 4 is 10.9 Å². The van der Waals surface area contributed by atoms with Crippen LogP contribution in [0.15, 0.2) is 54.7 Å². The largest absolute Gasteiger partial charge is 0.379 e. The van der Waals surface area contributed by atoms with Crippen molar-refractivity contribution in [2.45, 2.75) is 12.5 Å². The van der Waals surface area contributed by atoms with Gasteiger partial charge in [0, 0.05) is 36.7 Å². The van der Waals surface area contributed by atoms with Crippen LogP contribution in [0.4, 0.5) is 0 Å². The highest BCUT2D eigenvalue weighted by atomic mass is 16.5. The lowest BCUT2D eigenvalue weighted by Crippen LogP contribution is -2.42. The van der Waals surface area contributed by atoms with Gasteiger partial charge in [-0.15, -0.1) is 0 Å². The lowest BCUT2D eigenvalue weighted by molar-refractivity contribution is 0.0771. The molecule has 0 bridgehead atoms. The highest BCUT2D eigenvalue weighted by Crippen LogP contribution is 2.28. The normalized spacial score (nSPS) is 18.4. The van der Waals surface area contributed by atoms with Gasteiger partial charge >= 0.3 is 0 Å². The zero-order valence-electron chi connectivity index (χ0n) is 13.5. The fraction of sp³-hybridized carbons (Fsp3) is 0.300. The molecule has 3 aromatic rings. The summed E-state index contributed by atoms with van der Waals surface area (Å²) in [6.45, 7) is 2.57. The molecule has 118 valence electrons. The molecule has 2 heterocycles. The molecule has 2 aromatic carbocycles. The first-order valence-electron chi connectivity index (χ1n) is 8.26. The Bertz CT molecular complexity index is 801. The number of ether oxygens (including phenoxy) is 1. The van der Waals surface area contributed by atoms with Crippen LogP contribution in [0.2, 0.25) is 0 Å². The fourth-order valence-corrected chi connectivity index (χ4v) is 3.46. The van der Waals surface area contributed by atoms with Crippen LogP contribution in [-0.2, 0) is 18.2 Å². The summed E-state index contributed by atoms with van der Waals surface area (Å²) in [7, 11) is 2.12. The third-order valence-corrected chi connectivity index (χ3v) is 4.64. The van der Waals surface area contributed by atoms with E-state index in [4.69, 9.17) is 4.74 Å². The van der Waals surface area contributed by atoms with Crippen molar-refractivity contribution in [3.05, 3.63) is 60.3 Å². The predicted molar refractivity (Wildman–Crippen MR) is 94.7 cm³/mol. The Balaban J connectivity index is 1.72. The first-order chi connectivity index (χ1) is 11.3. The maximum Gasteiger partial charge on any atom is 0.0623 e. The Morgan fingerprint density at radius 1 is 1.13 bits per heavy atom.